The second kappa shape index (κ2) is 4.05. The Balaban J connectivity index is 2.93. The summed E-state index contributed by atoms with van der Waals surface area (Å²) in [5, 5.41) is -0.264. The van der Waals surface area contributed by atoms with E-state index in [2.05, 4.69) is 10.9 Å². The molecule has 1 aliphatic rings. The Morgan fingerprint density at radius 2 is 2.14 bits per heavy atom. The summed E-state index contributed by atoms with van der Waals surface area (Å²) in [6, 6.07) is 0. The molecule has 0 fully saturated rings. The third-order valence-electron chi connectivity index (χ3n) is 1.70. The molecule has 0 saturated heterocycles. The Bertz CT molecular complexity index is 485. The van der Waals surface area contributed by atoms with Gasteiger partial charge in [-0.3, -0.25) is 0 Å². The summed E-state index contributed by atoms with van der Waals surface area (Å²) >= 11 is 0. The standard InChI is InChI=1S/C9H7NO3S/c1-2-3-4-8-5-6-9(10-7-11)14(8,12)13/h1,5-6H,3-4H2. The molecule has 0 atom stereocenters. The van der Waals surface area contributed by atoms with E-state index in [1.807, 2.05) is 0 Å². The second-order valence-corrected chi connectivity index (χ2v) is 4.50. The predicted octanol–water partition coefficient (Wildman–Crippen LogP) is 0.889. The summed E-state index contributed by atoms with van der Waals surface area (Å²) in [4.78, 5) is 13.2. The van der Waals surface area contributed by atoms with Gasteiger partial charge in [-0.1, -0.05) is 0 Å². The van der Waals surface area contributed by atoms with Crippen LogP contribution in [0.25, 0.3) is 0 Å². The van der Waals surface area contributed by atoms with Gasteiger partial charge in [0.15, 0.2) is 5.03 Å². The minimum Gasteiger partial charge on any atom is -0.217 e. The van der Waals surface area contributed by atoms with Gasteiger partial charge < -0.3 is 0 Å². The van der Waals surface area contributed by atoms with Gasteiger partial charge in [-0.25, -0.2) is 13.2 Å². The number of terminal acetylenes is 1. The van der Waals surface area contributed by atoms with E-state index in [-0.39, 0.29) is 16.4 Å². The first-order valence-electron chi connectivity index (χ1n) is 3.80. The van der Waals surface area contributed by atoms with Crippen LogP contribution in [0.4, 0.5) is 0 Å². The van der Waals surface area contributed by atoms with Crippen molar-refractivity contribution in [1.82, 2.24) is 0 Å². The van der Waals surface area contributed by atoms with Crippen molar-refractivity contribution >= 4 is 15.9 Å². The van der Waals surface area contributed by atoms with Crippen molar-refractivity contribution in [3.8, 4) is 12.3 Å². The number of nitrogens with zero attached hydrogens (tertiary/aromatic N) is 1. The normalized spacial score (nSPS) is 17.6. The number of hydrogen-bond donors (Lipinski definition) is 0. The number of aliphatic imine (C=N–C) groups is 1. The number of carbonyl (C=O) groups excluding carboxylic acids is 1. The van der Waals surface area contributed by atoms with Gasteiger partial charge >= 0.3 is 0 Å². The predicted molar refractivity (Wildman–Crippen MR) is 51.3 cm³/mol. The van der Waals surface area contributed by atoms with E-state index in [4.69, 9.17) is 6.42 Å². The quantitative estimate of drug-likeness (QED) is 0.394. The maximum Gasteiger partial charge on any atom is 0.241 e. The first-order valence-corrected chi connectivity index (χ1v) is 5.28. The Kier molecular flexibility index (Phi) is 3.03. The molecule has 1 rings (SSSR count). The summed E-state index contributed by atoms with van der Waals surface area (Å²) in [5.41, 5.74) is 0. The molecule has 1 heterocycles. The zero-order valence-electron chi connectivity index (χ0n) is 7.23. The average Bonchev–Trinajstić information content (AvgIpc) is 2.41. The fourth-order valence-electron chi connectivity index (χ4n) is 1.03. The van der Waals surface area contributed by atoms with E-state index in [0.717, 1.165) is 0 Å². The molecule has 0 amide bonds. The van der Waals surface area contributed by atoms with Crippen LogP contribution in [0.15, 0.2) is 27.1 Å². The first-order chi connectivity index (χ1) is 6.62. The third kappa shape index (κ3) is 1.82. The molecular weight excluding hydrogens is 202 g/mol. The number of allylic oxidation sites excluding steroid dienone is 3. The van der Waals surface area contributed by atoms with Crippen LogP contribution in [-0.2, 0) is 14.6 Å². The van der Waals surface area contributed by atoms with Gasteiger partial charge in [0.2, 0.25) is 15.9 Å². The molecule has 0 N–H and O–H groups in total. The second-order valence-electron chi connectivity index (χ2n) is 2.55. The monoisotopic (exact) mass is 209 g/mol. The lowest BCUT2D eigenvalue weighted by molar-refractivity contribution is 0.564. The first kappa shape index (κ1) is 10.5. The largest absolute Gasteiger partial charge is 0.241 e. The van der Waals surface area contributed by atoms with Gasteiger partial charge in [0.1, 0.15) is 0 Å². The van der Waals surface area contributed by atoms with Crippen LogP contribution in [0.1, 0.15) is 12.8 Å². The molecule has 14 heavy (non-hydrogen) atoms. The molecule has 0 aromatic rings. The minimum absolute atomic E-state index is 0.199. The zero-order chi connectivity index (χ0) is 10.6. The van der Waals surface area contributed by atoms with Gasteiger partial charge in [0.05, 0.1) is 4.91 Å². The molecule has 0 aromatic carbocycles. The van der Waals surface area contributed by atoms with Crippen LogP contribution in [-0.4, -0.2) is 14.5 Å². The van der Waals surface area contributed by atoms with E-state index in [1.54, 1.807) is 0 Å². The summed E-state index contributed by atoms with van der Waals surface area (Å²) in [6.45, 7) is 0. The number of hydrogen-bond acceptors (Lipinski definition) is 4. The molecule has 0 aromatic heterocycles. The highest BCUT2D eigenvalue weighted by molar-refractivity contribution is 7.99. The smallest absolute Gasteiger partial charge is 0.217 e. The molecule has 4 nitrogen and oxygen atoms in total. The summed E-state index contributed by atoms with van der Waals surface area (Å²) < 4.78 is 23.0. The van der Waals surface area contributed by atoms with Crippen molar-refractivity contribution < 1.29 is 13.2 Å². The fraction of sp³-hybridized carbons (Fsp3) is 0.222. The van der Waals surface area contributed by atoms with Crippen LogP contribution in [0.5, 0.6) is 0 Å². The van der Waals surface area contributed by atoms with Crippen LogP contribution in [0, 0.1) is 12.3 Å². The van der Waals surface area contributed by atoms with Crippen LogP contribution in [0.3, 0.4) is 0 Å². The molecule has 72 valence electrons. The highest BCUT2D eigenvalue weighted by Gasteiger charge is 2.26. The third-order valence-corrected chi connectivity index (χ3v) is 3.51. The van der Waals surface area contributed by atoms with E-state index in [0.29, 0.717) is 6.42 Å². The Morgan fingerprint density at radius 1 is 1.43 bits per heavy atom. The van der Waals surface area contributed by atoms with Gasteiger partial charge in [0, 0.05) is 6.42 Å². The van der Waals surface area contributed by atoms with Crippen molar-refractivity contribution in [2.45, 2.75) is 12.8 Å². The molecular formula is C9H7NO3S. The summed E-state index contributed by atoms with van der Waals surface area (Å²) in [7, 11) is -3.56. The van der Waals surface area contributed by atoms with Crippen molar-refractivity contribution in [3.63, 3.8) is 0 Å². The molecule has 5 heteroatoms. The SMILES string of the molecule is C#CCCC1=CC=C(N=C=O)S1(=O)=O. The van der Waals surface area contributed by atoms with Crippen LogP contribution < -0.4 is 0 Å². The Labute approximate surface area is 82.0 Å². The van der Waals surface area contributed by atoms with Crippen molar-refractivity contribution in [2.75, 3.05) is 0 Å². The molecule has 0 aliphatic carbocycles. The van der Waals surface area contributed by atoms with E-state index in [9.17, 15) is 13.2 Å². The Morgan fingerprint density at radius 3 is 2.71 bits per heavy atom. The van der Waals surface area contributed by atoms with E-state index in [1.165, 1.54) is 18.2 Å². The molecule has 0 spiro atoms. The lowest BCUT2D eigenvalue weighted by Gasteiger charge is -1.99. The zero-order valence-corrected chi connectivity index (χ0v) is 8.04. The van der Waals surface area contributed by atoms with Crippen LogP contribution >= 0.6 is 0 Å². The highest BCUT2D eigenvalue weighted by atomic mass is 32.2. The lowest BCUT2D eigenvalue weighted by atomic mass is 10.3. The van der Waals surface area contributed by atoms with Gasteiger partial charge in [-0.05, 0) is 18.6 Å². The van der Waals surface area contributed by atoms with Crippen molar-refractivity contribution in [2.24, 2.45) is 4.99 Å². The maximum absolute atomic E-state index is 11.5. The molecule has 0 saturated carbocycles. The molecule has 0 bridgehead atoms. The van der Waals surface area contributed by atoms with Crippen molar-refractivity contribution in [3.05, 3.63) is 22.1 Å². The number of rotatable bonds is 3. The lowest BCUT2D eigenvalue weighted by Crippen LogP contribution is -2.01. The Hall–Kier alpha value is -1.63. The molecule has 1 aliphatic heterocycles. The number of isocyanates is 1. The van der Waals surface area contributed by atoms with Gasteiger partial charge in [0.25, 0.3) is 0 Å². The van der Waals surface area contributed by atoms with E-state index < -0.39 is 9.84 Å². The average molecular weight is 209 g/mol. The van der Waals surface area contributed by atoms with Crippen LogP contribution in [0.2, 0.25) is 0 Å². The highest BCUT2D eigenvalue weighted by Crippen LogP contribution is 2.27. The maximum atomic E-state index is 11.5. The van der Waals surface area contributed by atoms with Gasteiger partial charge in [-0.2, -0.15) is 4.99 Å². The molecule has 0 radical (unpaired) electrons. The van der Waals surface area contributed by atoms with Gasteiger partial charge in [-0.15, -0.1) is 12.3 Å². The summed E-state index contributed by atoms with van der Waals surface area (Å²) in [5.74, 6) is 2.34. The summed E-state index contributed by atoms with van der Waals surface area (Å²) in [6.07, 6.45) is 9.50. The van der Waals surface area contributed by atoms with E-state index >= 15 is 0 Å². The minimum atomic E-state index is -3.56. The number of sulfone groups is 1. The van der Waals surface area contributed by atoms with Crippen molar-refractivity contribution in [1.29, 1.82) is 0 Å². The molecule has 0 unspecified atom stereocenters. The fourth-order valence-corrected chi connectivity index (χ4v) is 2.32. The topological polar surface area (TPSA) is 63.6 Å².